The Morgan fingerprint density at radius 1 is 0.328 bits per heavy atom. The average Bonchev–Trinajstić information content (AvgIpc) is 3.94. The van der Waals surface area contributed by atoms with Crippen molar-refractivity contribution in [2.45, 2.75) is 5.41 Å². The van der Waals surface area contributed by atoms with E-state index >= 15 is 0 Å². The maximum atomic E-state index is 6.32. The lowest BCUT2D eigenvalue weighted by molar-refractivity contribution is 0.669. The van der Waals surface area contributed by atoms with E-state index in [-0.39, 0.29) is 0 Å². The first-order valence-electron chi connectivity index (χ1n) is 23.1. The van der Waals surface area contributed by atoms with Gasteiger partial charge < -0.3 is 9.32 Å². The second kappa shape index (κ2) is 15.8. The predicted octanol–water partition coefficient (Wildman–Crippen LogP) is 17.6. The van der Waals surface area contributed by atoms with E-state index < -0.39 is 5.41 Å². The molecule has 1 aromatic heterocycles. The van der Waals surface area contributed by atoms with Crippen LogP contribution in [0.4, 0.5) is 17.1 Å². The van der Waals surface area contributed by atoms with E-state index in [4.69, 9.17) is 4.42 Å². The lowest BCUT2D eigenvalue weighted by Gasteiger charge is -2.34. The second-order valence-corrected chi connectivity index (χ2v) is 17.6. The molecular weight excluding hydrogens is 811 g/mol. The molecule has 12 aromatic rings. The second-order valence-electron chi connectivity index (χ2n) is 17.6. The first-order valence-corrected chi connectivity index (χ1v) is 23.1. The van der Waals surface area contributed by atoms with Crippen LogP contribution in [0.25, 0.3) is 77.2 Å². The summed E-state index contributed by atoms with van der Waals surface area (Å²) < 4.78 is 6.32. The summed E-state index contributed by atoms with van der Waals surface area (Å²) >= 11 is 0. The number of nitrogens with zero attached hydrogens (tertiary/aromatic N) is 1. The van der Waals surface area contributed by atoms with Crippen molar-refractivity contribution in [3.63, 3.8) is 0 Å². The highest BCUT2D eigenvalue weighted by Gasteiger charge is 2.47. The van der Waals surface area contributed by atoms with Crippen molar-refractivity contribution in [2.75, 3.05) is 4.90 Å². The molecule has 0 spiro atoms. The van der Waals surface area contributed by atoms with Gasteiger partial charge in [0.15, 0.2) is 0 Å². The number of benzene rings is 11. The molecule has 0 fully saturated rings. The molecule has 0 unspecified atom stereocenters. The molecule has 1 heterocycles. The van der Waals surface area contributed by atoms with Gasteiger partial charge in [0.25, 0.3) is 0 Å². The van der Waals surface area contributed by atoms with Crippen molar-refractivity contribution in [3.8, 4) is 44.5 Å². The fraction of sp³-hybridized carbons (Fsp3) is 0.0154. The minimum Gasteiger partial charge on any atom is -0.456 e. The Labute approximate surface area is 390 Å². The Bertz CT molecular complexity index is 3740. The fourth-order valence-electron chi connectivity index (χ4n) is 10.9. The topological polar surface area (TPSA) is 16.4 Å². The van der Waals surface area contributed by atoms with Gasteiger partial charge in [-0.3, -0.25) is 0 Å². The van der Waals surface area contributed by atoms with Gasteiger partial charge in [0.1, 0.15) is 11.2 Å². The van der Waals surface area contributed by atoms with Crippen molar-refractivity contribution in [1.82, 2.24) is 0 Å². The van der Waals surface area contributed by atoms with Gasteiger partial charge in [0.05, 0.1) is 11.1 Å². The molecule has 0 N–H and O–H groups in total. The number of rotatable bonds is 8. The molecule has 1 aliphatic rings. The first kappa shape index (κ1) is 38.7. The van der Waals surface area contributed by atoms with E-state index in [9.17, 15) is 0 Å². The van der Waals surface area contributed by atoms with Crippen LogP contribution in [0.2, 0.25) is 0 Å². The smallest absolute Gasteiger partial charge is 0.136 e. The Kier molecular flexibility index (Phi) is 9.11. The van der Waals surface area contributed by atoms with Gasteiger partial charge in [-0.05, 0) is 127 Å². The molecular formula is C65H43NO. The number of furan rings is 1. The standard InChI is InChI=1S/C65H43NO/c1-4-16-44(17-5-1)47-30-32-50-43-48(31-33-49(50)42-47)45-34-38-53(39-35-45)66(54-40-36-46(37-41-54)55-24-14-29-62-63(55)57-23-11-13-28-61(57)67-62)60-27-15-26-59-64(60)56-22-10-12-25-58(56)65(59,51-18-6-2-7-19-51)52-20-8-3-9-21-52/h1-43H. The molecule has 0 saturated carbocycles. The first-order chi connectivity index (χ1) is 33.2. The van der Waals surface area contributed by atoms with Crippen LogP contribution in [0.3, 0.4) is 0 Å². The van der Waals surface area contributed by atoms with Crippen molar-refractivity contribution in [3.05, 3.63) is 283 Å². The summed E-state index contributed by atoms with van der Waals surface area (Å²) in [5.74, 6) is 0. The molecule has 0 atom stereocenters. The van der Waals surface area contributed by atoms with Gasteiger partial charge in [-0.25, -0.2) is 0 Å². The molecule has 11 aromatic carbocycles. The van der Waals surface area contributed by atoms with Gasteiger partial charge >= 0.3 is 0 Å². The van der Waals surface area contributed by atoms with Gasteiger partial charge in [-0.1, -0.05) is 206 Å². The van der Waals surface area contributed by atoms with Crippen molar-refractivity contribution in [2.24, 2.45) is 0 Å². The minimum absolute atomic E-state index is 0.520. The van der Waals surface area contributed by atoms with Gasteiger partial charge in [0.2, 0.25) is 0 Å². The normalized spacial score (nSPS) is 12.6. The Morgan fingerprint density at radius 2 is 0.821 bits per heavy atom. The molecule has 13 rings (SSSR count). The quantitative estimate of drug-likeness (QED) is 0.151. The molecule has 0 aliphatic heterocycles. The molecule has 1 aliphatic carbocycles. The van der Waals surface area contributed by atoms with Crippen LogP contribution in [0.1, 0.15) is 22.3 Å². The third kappa shape index (κ3) is 6.26. The molecule has 2 nitrogen and oxygen atoms in total. The summed E-state index contributed by atoms with van der Waals surface area (Å²) in [5, 5.41) is 4.72. The zero-order valence-electron chi connectivity index (χ0n) is 36.7. The zero-order valence-corrected chi connectivity index (χ0v) is 36.7. The van der Waals surface area contributed by atoms with Crippen molar-refractivity contribution < 1.29 is 4.42 Å². The number of hydrogen-bond donors (Lipinski definition) is 0. The Hall–Kier alpha value is -8.72. The van der Waals surface area contributed by atoms with E-state index in [0.29, 0.717) is 0 Å². The van der Waals surface area contributed by atoms with E-state index in [2.05, 4.69) is 254 Å². The lowest BCUT2D eigenvalue weighted by atomic mass is 9.68. The highest BCUT2D eigenvalue weighted by atomic mass is 16.3. The molecule has 0 saturated heterocycles. The zero-order chi connectivity index (χ0) is 44.3. The third-order valence-corrected chi connectivity index (χ3v) is 13.9. The van der Waals surface area contributed by atoms with Crippen LogP contribution < -0.4 is 4.90 Å². The maximum Gasteiger partial charge on any atom is 0.136 e. The molecule has 314 valence electrons. The van der Waals surface area contributed by atoms with Gasteiger partial charge in [0, 0.05) is 27.7 Å². The van der Waals surface area contributed by atoms with Crippen LogP contribution in [-0.4, -0.2) is 0 Å². The fourth-order valence-corrected chi connectivity index (χ4v) is 10.9. The van der Waals surface area contributed by atoms with Crippen molar-refractivity contribution in [1.29, 1.82) is 0 Å². The Morgan fingerprint density at radius 3 is 1.49 bits per heavy atom. The summed E-state index contributed by atoms with van der Waals surface area (Å²) in [6, 6.07) is 95.1. The number of hydrogen-bond acceptors (Lipinski definition) is 2. The summed E-state index contributed by atoms with van der Waals surface area (Å²) in [7, 11) is 0. The average molecular weight is 854 g/mol. The van der Waals surface area contributed by atoms with Crippen LogP contribution >= 0.6 is 0 Å². The van der Waals surface area contributed by atoms with Crippen LogP contribution in [0.5, 0.6) is 0 Å². The molecule has 0 radical (unpaired) electrons. The van der Waals surface area contributed by atoms with E-state index in [1.807, 2.05) is 12.1 Å². The lowest BCUT2D eigenvalue weighted by Crippen LogP contribution is -2.28. The summed E-state index contributed by atoms with van der Waals surface area (Å²) in [4.78, 5) is 2.45. The van der Waals surface area contributed by atoms with Gasteiger partial charge in [-0.15, -0.1) is 0 Å². The monoisotopic (exact) mass is 853 g/mol. The number of anilines is 3. The Balaban J connectivity index is 0.977. The van der Waals surface area contributed by atoms with E-state index in [1.165, 1.54) is 66.4 Å². The van der Waals surface area contributed by atoms with Crippen LogP contribution in [-0.2, 0) is 5.41 Å². The third-order valence-electron chi connectivity index (χ3n) is 13.9. The minimum atomic E-state index is -0.520. The highest BCUT2D eigenvalue weighted by Crippen LogP contribution is 2.59. The van der Waals surface area contributed by atoms with Crippen LogP contribution in [0.15, 0.2) is 265 Å². The van der Waals surface area contributed by atoms with Crippen molar-refractivity contribution >= 4 is 49.8 Å². The summed E-state index contributed by atoms with van der Waals surface area (Å²) in [5.41, 5.74) is 19.2. The number of fused-ring (bicyclic) bond motifs is 7. The molecule has 0 bridgehead atoms. The summed E-state index contributed by atoms with van der Waals surface area (Å²) in [6.07, 6.45) is 0. The highest BCUT2D eigenvalue weighted by molar-refractivity contribution is 6.12. The van der Waals surface area contributed by atoms with Gasteiger partial charge in [-0.2, -0.15) is 0 Å². The van der Waals surface area contributed by atoms with Crippen LogP contribution in [0, 0.1) is 0 Å². The molecule has 67 heavy (non-hydrogen) atoms. The number of para-hydroxylation sites is 1. The van der Waals surface area contributed by atoms with E-state index in [0.717, 1.165) is 50.1 Å². The summed E-state index contributed by atoms with van der Waals surface area (Å²) in [6.45, 7) is 0. The molecule has 0 amide bonds. The largest absolute Gasteiger partial charge is 0.456 e. The predicted molar refractivity (Wildman–Crippen MR) is 280 cm³/mol. The maximum absolute atomic E-state index is 6.32. The SMILES string of the molecule is c1ccc(-c2ccc3cc(-c4ccc(N(c5ccc(-c6cccc7oc8ccccc8c67)cc5)c5cccc6c5-c5ccccc5C6(c5ccccc5)c5ccccc5)cc4)ccc3c2)cc1. The molecule has 2 heteroatoms. The van der Waals surface area contributed by atoms with E-state index in [1.54, 1.807) is 0 Å².